The molecule has 3 N–H and O–H groups in total. The molecule has 3 aromatic rings. The third kappa shape index (κ3) is 2.38. The summed E-state index contributed by atoms with van der Waals surface area (Å²) in [6.45, 7) is 0. The van der Waals surface area contributed by atoms with Crippen LogP contribution in [0.25, 0.3) is 11.0 Å². The lowest BCUT2D eigenvalue weighted by Gasteiger charge is -2.08. The van der Waals surface area contributed by atoms with E-state index < -0.39 is 4.92 Å². The zero-order valence-electron chi connectivity index (χ0n) is 11.1. The number of imidazole rings is 1. The number of non-ortho nitro benzene ring substituents is 1. The van der Waals surface area contributed by atoms with E-state index in [1.54, 1.807) is 18.2 Å². The summed E-state index contributed by atoms with van der Waals surface area (Å²) in [5, 5.41) is 22.8. The molecule has 0 unspecified atom stereocenters. The molecule has 22 heavy (non-hydrogen) atoms. The maximum Gasteiger partial charge on any atom is 0.323 e. The quantitative estimate of drug-likeness (QED) is 0.505. The molecule has 0 atom stereocenters. The number of fused-ring (bicyclic) bond motifs is 1. The van der Waals surface area contributed by atoms with Gasteiger partial charge in [-0.15, -0.1) is 0 Å². The SMILES string of the molecule is N#Cc1cc([N+](=O)[O-])ccc1Nc1ccc2[nH]c(=O)[nH]c2c1. The highest BCUT2D eigenvalue weighted by Gasteiger charge is 2.11. The van der Waals surface area contributed by atoms with Gasteiger partial charge in [-0.05, 0) is 24.3 Å². The summed E-state index contributed by atoms with van der Waals surface area (Å²) in [7, 11) is 0. The van der Waals surface area contributed by atoms with Crippen LogP contribution in [0, 0.1) is 21.4 Å². The fourth-order valence-electron chi connectivity index (χ4n) is 2.11. The zero-order valence-corrected chi connectivity index (χ0v) is 11.1. The number of nitrogens with zero attached hydrogens (tertiary/aromatic N) is 2. The fraction of sp³-hybridized carbons (Fsp3) is 0. The van der Waals surface area contributed by atoms with Gasteiger partial charge in [-0.1, -0.05) is 0 Å². The van der Waals surface area contributed by atoms with Crippen molar-refractivity contribution in [2.24, 2.45) is 0 Å². The van der Waals surface area contributed by atoms with Crippen molar-refractivity contribution in [2.45, 2.75) is 0 Å². The smallest absolute Gasteiger partial charge is 0.323 e. The maximum atomic E-state index is 11.2. The summed E-state index contributed by atoms with van der Waals surface area (Å²) in [5.41, 5.74) is 2.10. The molecule has 0 aliphatic carbocycles. The summed E-state index contributed by atoms with van der Waals surface area (Å²) in [5.74, 6) is 0. The van der Waals surface area contributed by atoms with Gasteiger partial charge in [0.1, 0.15) is 6.07 Å². The second kappa shape index (κ2) is 5.06. The van der Waals surface area contributed by atoms with E-state index in [0.29, 0.717) is 22.4 Å². The van der Waals surface area contributed by atoms with Gasteiger partial charge in [0.2, 0.25) is 0 Å². The highest BCUT2D eigenvalue weighted by atomic mass is 16.6. The molecule has 0 aliphatic heterocycles. The first-order valence-corrected chi connectivity index (χ1v) is 6.24. The van der Waals surface area contributed by atoms with Crippen LogP contribution in [-0.4, -0.2) is 14.9 Å². The minimum absolute atomic E-state index is 0.146. The summed E-state index contributed by atoms with van der Waals surface area (Å²) >= 11 is 0. The topological polar surface area (TPSA) is 128 Å². The van der Waals surface area contributed by atoms with Crippen molar-refractivity contribution in [3.8, 4) is 6.07 Å². The molecule has 0 bridgehead atoms. The van der Waals surface area contributed by atoms with Gasteiger partial charge in [0.05, 0.1) is 27.2 Å². The van der Waals surface area contributed by atoms with Gasteiger partial charge < -0.3 is 15.3 Å². The van der Waals surface area contributed by atoms with E-state index in [-0.39, 0.29) is 16.9 Å². The highest BCUT2D eigenvalue weighted by Crippen LogP contribution is 2.25. The lowest BCUT2D eigenvalue weighted by atomic mass is 10.1. The van der Waals surface area contributed by atoms with Crippen LogP contribution in [0.2, 0.25) is 0 Å². The molecule has 2 aromatic carbocycles. The molecule has 0 fully saturated rings. The number of nitro benzene ring substituents is 1. The van der Waals surface area contributed by atoms with Crippen LogP contribution in [-0.2, 0) is 0 Å². The Hall–Kier alpha value is -3.60. The fourth-order valence-corrected chi connectivity index (χ4v) is 2.11. The molecule has 0 aliphatic rings. The second-order valence-electron chi connectivity index (χ2n) is 4.56. The van der Waals surface area contributed by atoms with E-state index in [4.69, 9.17) is 5.26 Å². The summed E-state index contributed by atoms with van der Waals surface area (Å²) < 4.78 is 0. The Balaban J connectivity index is 1.99. The van der Waals surface area contributed by atoms with Crippen LogP contribution in [0.15, 0.2) is 41.2 Å². The van der Waals surface area contributed by atoms with E-state index in [1.807, 2.05) is 6.07 Å². The summed E-state index contributed by atoms with van der Waals surface area (Å²) in [6, 6.07) is 11.1. The molecule has 0 saturated heterocycles. The molecule has 3 rings (SSSR count). The molecule has 0 amide bonds. The van der Waals surface area contributed by atoms with E-state index in [0.717, 1.165) is 0 Å². The Kier molecular flexibility index (Phi) is 3.08. The Morgan fingerprint density at radius 1 is 1.14 bits per heavy atom. The molecule has 1 heterocycles. The van der Waals surface area contributed by atoms with Gasteiger partial charge >= 0.3 is 5.69 Å². The first kappa shape index (κ1) is 13.4. The maximum absolute atomic E-state index is 11.2. The molecule has 8 heteroatoms. The van der Waals surface area contributed by atoms with Crippen molar-refractivity contribution in [3.05, 3.63) is 62.6 Å². The Labute approximate surface area is 123 Å². The van der Waals surface area contributed by atoms with Gasteiger partial charge in [0.25, 0.3) is 5.69 Å². The Morgan fingerprint density at radius 2 is 1.91 bits per heavy atom. The first-order chi connectivity index (χ1) is 10.6. The van der Waals surface area contributed by atoms with Crippen LogP contribution in [0.1, 0.15) is 5.56 Å². The highest BCUT2D eigenvalue weighted by molar-refractivity contribution is 5.81. The molecule has 0 spiro atoms. The van der Waals surface area contributed by atoms with Crippen LogP contribution < -0.4 is 11.0 Å². The monoisotopic (exact) mass is 295 g/mol. The molecule has 0 radical (unpaired) electrons. The lowest BCUT2D eigenvalue weighted by Crippen LogP contribution is -1.99. The third-order valence-corrected chi connectivity index (χ3v) is 3.13. The number of nitrogens with one attached hydrogen (secondary N) is 3. The van der Waals surface area contributed by atoms with E-state index in [9.17, 15) is 14.9 Å². The Bertz CT molecular complexity index is 980. The molecule has 8 nitrogen and oxygen atoms in total. The predicted molar refractivity (Wildman–Crippen MR) is 80.0 cm³/mol. The minimum Gasteiger partial charge on any atom is -0.354 e. The molecular formula is C14H9N5O3. The number of rotatable bonds is 3. The number of nitro groups is 1. The number of nitriles is 1. The van der Waals surface area contributed by atoms with Gasteiger partial charge in [-0.2, -0.15) is 5.26 Å². The largest absolute Gasteiger partial charge is 0.354 e. The van der Waals surface area contributed by atoms with Crippen LogP contribution in [0.5, 0.6) is 0 Å². The average molecular weight is 295 g/mol. The normalized spacial score (nSPS) is 10.3. The summed E-state index contributed by atoms with van der Waals surface area (Å²) in [6.07, 6.45) is 0. The lowest BCUT2D eigenvalue weighted by molar-refractivity contribution is -0.384. The zero-order chi connectivity index (χ0) is 15.7. The van der Waals surface area contributed by atoms with Gasteiger partial charge in [-0.3, -0.25) is 10.1 Å². The first-order valence-electron chi connectivity index (χ1n) is 6.24. The van der Waals surface area contributed by atoms with Crippen LogP contribution in [0.4, 0.5) is 17.1 Å². The molecule has 108 valence electrons. The molecular weight excluding hydrogens is 286 g/mol. The number of anilines is 2. The van der Waals surface area contributed by atoms with Crippen molar-refractivity contribution in [1.82, 2.24) is 9.97 Å². The van der Waals surface area contributed by atoms with Gasteiger partial charge in [-0.25, -0.2) is 4.79 Å². The third-order valence-electron chi connectivity index (χ3n) is 3.13. The number of hydrogen-bond donors (Lipinski definition) is 3. The van der Waals surface area contributed by atoms with Crippen molar-refractivity contribution >= 4 is 28.1 Å². The van der Waals surface area contributed by atoms with E-state index >= 15 is 0 Å². The van der Waals surface area contributed by atoms with Crippen molar-refractivity contribution < 1.29 is 4.92 Å². The number of hydrogen-bond acceptors (Lipinski definition) is 5. The van der Waals surface area contributed by atoms with Gasteiger partial charge in [0.15, 0.2) is 0 Å². The van der Waals surface area contributed by atoms with E-state index in [1.165, 1.54) is 18.2 Å². The number of aromatic nitrogens is 2. The van der Waals surface area contributed by atoms with E-state index in [2.05, 4.69) is 15.3 Å². The number of H-pyrrole nitrogens is 2. The Morgan fingerprint density at radius 3 is 2.64 bits per heavy atom. The number of aromatic amines is 2. The predicted octanol–water partition coefficient (Wildman–Crippen LogP) is 2.38. The molecule has 1 aromatic heterocycles. The number of benzene rings is 2. The molecule has 0 saturated carbocycles. The van der Waals surface area contributed by atoms with Crippen LogP contribution >= 0.6 is 0 Å². The standard InChI is InChI=1S/C14H9N5O3/c15-7-8-5-10(19(21)22)2-4-11(8)16-9-1-3-12-13(6-9)18-14(20)17-12/h1-6,16H,(H2,17,18,20). The van der Waals surface area contributed by atoms with Crippen molar-refractivity contribution in [3.63, 3.8) is 0 Å². The summed E-state index contributed by atoms with van der Waals surface area (Å²) in [4.78, 5) is 26.7. The average Bonchev–Trinajstić information content (AvgIpc) is 2.86. The second-order valence-corrected chi connectivity index (χ2v) is 4.56. The van der Waals surface area contributed by atoms with Crippen LogP contribution in [0.3, 0.4) is 0 Å². The minimum atomic E-state index is -0.554. The van der Waals surface area contributed by atoms with Gasteiger partial charge in [0, 0.05) is 17.8 Å². The van der Waals surface area contributed by atoms with Crippen molar-refractivity contribution in [1.29, 1.82) is 5.26 Å². The van der Waals surface area contributed by atoms with Crippen molar-refractivity contribution in [2.75, 3.05) is 5.32 Å².